The average molecular weight is 292 g/mol. The quantitative estimate of drug-likeness (QED) is 0.908. The molecule has 1 unspecified atom stereocenters. The summed E-state index contributed by atoms with van der Waals surface area (Å²) in [5.41, 5.74) is 0.695. The zero-order chi connectivity index (χ0) is 13.8. The number of carbonyl (C=O) groups excluding carboxylic acids is 1. The van der Waals surface area contributed by atoms with Crippen LogP contribution in [0.1, 0.15) is 17.3 Å². The van der Waals surface area contributed by atoms with Crippen molar-refractivity contribution in [3.63, 3.8) is 0 Å². The fourth-order valence-corrected chi connectivity index (χ4v) is 2.73. The summed E-state index contributed by atoms with van der Waals surface area (Å²) < 4.78 is 7.17. The number of thiophene rings is 1. The van der Waals surface area contributed by atoms with Gasteiger partial charge < -0.3 is 15.4 Å². The van der Waals surface area contributed by atoms with Crippen molar-refractivity contribution in [2.75, 3.05) is 18.5 Å². The molecule has 2 amide bonds. The maximum absolute atomic E-state index is 11.8. The number of ether oxygens (including phenoxy) is 1. The molecule has 106 valence electrons. The third-order valence-electron chi connectivity index (χ3n) is 3.14. The Bertz CT molecular complexity index is 561. The summed E-state index contributed by atoms with van der Waals surface area (Å²) in [6.07, 6.45) is 4.46. The normalized spacial score (nSPS) is 18.1. The lowest BCUT2D eigenvalue weighted by Crippen LogP contribution is -2.27. The highest BCUT2D eigenvalue weighted by atomic mass is 32.1. The summed E-state index contributed by atoms with van der Waals surface area (Å²) in [5.74, 6) is 0. The fraction of sp³-hybridized carbons (Fsp3) is 0.385. The molecule has 1 saturated heterocycles. The van der Waals surface area contributed by atoms with Crippen LogP contribution in [0.2, 0.25) is 0 Å². The molecule has 3 rings (SSSR count). The van der Waals surface area contributed by atoms with Crippen molar-refractivity contribution in [1.82, 2.24) is 15.1 Å². The Balaban J connectivity index is 1.50. The van der Waals surface area contributed by atoms with E-state index in [0.717, 1.165) is 17.9 Å². The number of rotatable bonds is 4. The van der Waals surface area contributed by atoms with Crippen LogP contribution in [0.5, 0.6) is 0 Å². The first-order chi connectivity index (χ1) is 9.81. The second kappa shape index (κ2) is 6.06. The summed E-state index contributed by atoms with van der Waals surface area (Å²) in [6.45, 7) is 1.99. The van der Waals surface area contributed by atoms with E-state index in [9.17, 15) is 4.79 Å². The van der Waals surface area contributed by atoms with Crippen molar-refractivity contribution >= 4 is 23.1 Å². The first kappa shape index (κ1) is 13.1. The number of amides is 2. The minimum Gasteiger partial charge on any atom is -0.379 e. The van der Waals surface area contributed by atoms with E-state index in [4.69, 9.17) is 4.74 Å². The van der Waals surface area contributed by atoms with Crippen LogP contribution in [0.25, 0.3) is 0 Å². The first-order valence-corrected chi connectivity index (χ1v) is 7.38. The first-order valence-electron chi connectivity index (χ1n) is 6.50. The summed E-state index contributed by atoms with van der Waals surface area (Å²) in [4.78, 5) is 12.9. The smallest absolute Gasteiger partial charge is 0.319 e. The van der Waals surface area contributed by atoms with E-state index in [1.54, 1.807) is 17.5 Å². The van der Waals surface area contributed by atoms with E-state index in [1.165, 1.54) is 0 Å². The van der Waals surface area contributed by atoms with Crippen LogP contribution in [0.4, 0.5) is 10.5 Å². The van der Waals surface area contributed by atoms with Crippen LogP contribution < -0.4 is 10.6 Å². The molecule has 2 aromatic rings. The average Bonchev–Trinajstić information content (AvgIpc) is 3.18. The number of urea groups is 1. The molecule has 6 nitrogen and oxygen atoms in total. The molecule has 2 aromatic heterocycles. The van der Waals surface area contributed by atoms with Gasteiger partial charge in [0.1, 0.15) is 0 Å². The number of nitrogens with zero attached hydrogens (tertiary/aromatic N) is 2. The molecule has 0 aromatic carbocycles. The Morgan fingerprint density at radius 3 is 3.30 bits per heavy atom. The van der Waals surface area contributed by atoms with E-state index in [-0.39, 0.29) is 12.1 Å². The molecule has 0 bridgehead atoms. The van der Waals surface area contributed by atoms with Gasteiger partial charge in [0.15, 0.2) is 0 Å². The van der Waals surface area contributed by atoms with E-state index < -0.39 is 0 Å². The lowest BCUT2D eigenvalue weighted by atomic mass is 10.3. The van der Waals surface area contributed by atoms with E-state index >= 15 is 0 Å². The van der Waals surface area contributed by atoms with Crippen LogP contribution >= 0.6 is 11.3 Å². The molecule has 1 fully saturated rings. The number of anilines is 1. The van der Waals surface area contributed by atoms with E-state index in [2.05, 4.69) is 15.7 Å². The molecule has 0 radical (unpaired) electrons. The Kier molecular flexibility index (Phi) is 3.98. The second-order valence-electron chi connectivity index (χ2n) is 4.61. The Morgan fingerprint density at radius 2 is 2.55 bits per heavy atom. The molecule has 1 atom stereocenters. The van der Waals surface area contributed by atoms with Gasteiger partial charge in [-0.3, -0.25) is 4.68 Å². The molecule has 7 heteroatoms. The van der Waals surface area contributed by atoms with Gasteiger partial charge in [0.05, 0.1) is 31.1 Å². The van der Waals surface area contributed by atoms with Gasteiger partial charge in [-0.05, 0) is 17.9 Å². The highest BCUT2D eigenvalue weighted by molar-refractivity contribution is 7.09. The maximum Gasteiger partial charge on any atom is 0.319 e. The van der Waals surface area contributed by atoms with Crippen LogP contribution in [-0.4, -0.2) is 29.0 Å². The van der Waals surface area contributed by atoms with Gasteiger partial charge in [-0.25, -0.2) is 4.79 Å². The van der Waals surface area contributed by atoms with Gasteiger partial charge in [0.2, 0.25) is 0 Å². The lowest BCUT2D eigenvalue weighted by molar-refractivity contribution is 0.184. The van der Waals surface area contributed by atoms with E-state index in [0.29, 0.717) is 18.8 Å². The molecular weight excluding hydrogens is 276 g/mol. The highest BCUT2D eigenvalue weighted by Gasteiger charge is 2.18. The number of aromatic nitrogens is 2. The Hall–Kier alpha value is -1.86. The highest BCUT2D eigenvalue weighted by Crippen LogP contribution is 2.19. The lowest BCUT2D eigenvalue weighted by Gasteiger charge is -2.07. The monoisotopic (exact) mass is 292 g/mol. The van der Waals surface area contributed by atoms with Gasteiger partial charge in [-0.1, -0.05) is 6.07 Å². The van der Waals surface area contributed by atoms with Crippen molar-refractivity contribution in [2.24, 2.45) is 0 Å². The van der Waals surface area contributed by atoms with Gasteiger partial charge in [0.25, 0.3) is 0 Å². The van der Waals surface area contributed by atoms with Crippen LogP contribution in [-0.2, 0) is 11.3 Å². The van der Waals surface area contributed by atoms with Crippen LogP contribution in [0, 0.1) is 0 Å². The molecule has 3 heterocycles. The van der Waals surface area contributed by atoms with Crippen molar-refractivity contribution in [3.05, 3.63) is 34.8 Å². The minimum absolute atomic E-state index is 0.222. The zero-order valence-electron chi connectivity index (χ0n) is 10.9. The predicted octanol–water partition coefficient (Wildman–Crippen LogP) is 2.23. The van der Waals surface area contributed by atoms with Crippen molar-refractivity contribution in [1.29, 1.82) is 0 Å². The van der Waals surface area contributed by atoms with Crippen molar-refractivity contribution in [3.8, 4) is 0 Å². The molecule has 1 aliphatic rings. The molecular formula is C13H16N4O2S. The van der Waals surface area contributed by atoms with Gasteiger partial charge in [-0.15, -0.1) is 11.3 Å². The summed E-state index contributed by atoms with van der Waals surface area (Å²) in [7, 11) is 0. The predicted molar refractivity (Wildman–Crippen MR) is 76.9 cm³/mol. The third kappa shape index (κ3) is 3.17. The van der Waals surface area contributed by atoms with Crippen LogP contribution in [0.3, 0.4) is 0 Å². The van der Waals surface area contributed by atoms with Crippen molar-refractivity contribution < 1.29 is 9.53 Å². The SMILES string of the molecule is O=C(NCc1cccs1)Nc1cnn(C2CCOC2)c1. The number of hydrogen-bond acceptors (Lipinski definition) is 4. The largest absolute Gasteiger partial charge is 0.379 e. The number of hydrogen-bond donors (Lipinski definition) is 2. The second-order valence-corrected chi connectivity index (χ2v) is 5.65. The molecule has 0 saturated carbocycles. The van der Waals surface area contributed by atoms with E-state index in [1.807, 2.05) is 28.4 Å². The van der Waals surface area contributed by atoms with Crippen molar-refractivity contribution in [2.45, 2.75) is 19.0 Å². The Morgan fingerprint density at radius 1 is 1.60 bits per heavy atom. The van der Waals surface area contributed by atoms with Gasteiger partial charge in [0, 0.05) is 17.7 Å². The molecule has 2 N–H and O–H groups in total. The summed E-state index contributed by atoms with van der Waals surface area (Å²) >= 11 is 1.62. The van der Waals surface area contributed by atoms with Gasteiger partial charge in [-0.2, -0.15) is 5.10 Å². The van der Waals surface area contributed by atoms with Crippen LogP contribution in [0.15, 0.2) is 29.9 Å². The molecule has 1 aliphatic heterocycles. The molecule has 0 aliphatic carbocycles. The Labute approximate surface area is 120 Å². The zero-order valence-corrected chi connectivity index (χ0v) is 11.7. The standard InChI is InChI=1S/C13H16N4O2S/c18-13(14-7-12-2-1-5-20-12)16-10-6-15-17(8-10)11-3-4-19-9-11/h1-2,5-6,8,11H,3-4,7,9H2,(H2,14,16,18). The third-order valence-corrected chi connectivity index (χ3v) is 4.02. The number of carbonyl (C=O) groups is 1. The fourth-order valence-electron chi connectivity index (χ4n) is 2.09. The summed E-state index contributed by atoms with van der Waals surface area (Å²) in [5, 5.41) is 11.8. The minimum atomic E-state index is -0.222. The maximum atomic E-state index is 11.8. The number of nitrogens with one attached hydrogen (secondary N) is 2. The molecule has 0 spiro atoms. The van der Waals surface area contributed by atoms with Gasteiger partial charge >= 0.3 is 6.03 Å². The topological polar surface area (TPSA) is 68.2 Å². The summed E-state index contributed by atoms with van der Waals surface area (Å²) in [6, 6.07) is 4.01. The molecule has 20 heavy (non-hydrogen) atoms.